The molecule has 0 spiro atoms. The maximum Gasteiger partial charge on any atom is 0.252 e. The van der Waals surface area contributed by atoms with E-state index in [9.17, 15) is 4.79 Å². The number of ether oxygens (including phenoxy) is 1. The minimum Gasteiger partial charge on any atom is -0.376 e. The molecule has 27 heavy (non-hydrogen) atoms. The topological polar surface area (TPSA) is 41.6 Å². The second-order valence-corrected chi connectivity index (χ2v) is 8.16. The quantitative estimate of drug-likeness (QED) is 0.771. The lowest BCUT2D eigenvalue weighted by molar-refractivity contribution is -0.0212. The summed E-state index contributed by atoms with van der Waals surface area (Å²) >= 11 is 3.54. The van der Waals surface area contributed by atoms with Crippen LogP contribution in [-0.2, 0) is 17.8 Å². The van der Waals surface area contributed by atoms with Gasteiger partial charge < -0.3 is 10.1 Å². The van der Waals surface area contributed by atoms with Crippen LogP contribution >= 0.6 is 15.9 Å². The van der Waals surface area contributed by atoms with Crippen LogP contribution in [0.25, 0.3) is 0 Å². The largest absolute Gasteiger partial charge is 0.376 e. The molecule has 5 heteroatoms. The summed E-state index contributed by atoms with van der Waals surface area (Å²) in [5.41, 5.74) is 5.22. The summed E-state index contributed by atoms with van der Waals surface area (Å²) < 4.78 is 6.47. The Labute approximate surface area is 170 Å². The molecule has 0 aliphatic carbocycles. The van der Waals surface area contributed by atoms with Gasteiger partial charge in [0.15, 0.2) is 0 Å². The zero-order chi connectivity index (χ0) is 19.4. The number of morpholine rings is 1. The highest BCUT2D eigenvalue weighted by atomic mass is 79.9. The molecule has 1 fully saturated rings. The van der Waals surface area contributed by atoms with Crippen molar-refractivity contribution in [2.24, 2.45) is 0 Å². The molecule has 0 bridgehead atoms. The zero-order valence-electron chi connectivity index (χ0n) is 16.2. The number of hydrogen-bond acceptors (Lipinski definition) is 3. The van der Waals surface area contributed by atoms with Gasteiger partial charge in [0, 0.05) is 30.7 Å². The smallest absolute Gasteiger partial charge is 0.252 e. The van der Waals surface area contributed by atoms with Gasteiger partial charge >= 0.3 is 0 Å². The molecule has 0 saturated carbocycles. The van der Waals surface area contributed by atoms with Crippen LogP contribution in [0.15, 0.2) is 40.9 Å². The van der Waals surface area contributed by atoms with Crippen LogP contribution in [-0.4, -0.2) is 36.6 Å². The highest BCUT2D eigenvalue weighted by molar-refractivity contribution is 9.10. The molecule has 1 unspecified atom stereocenters. The fourth-order valence-electron chi connectivity index (χ4n) is 3.52. The number of nitrogens with one attached hydrogen (secondary N) is 1. The Bertz CT molecular complexity index is 822. The van der Waals surface area contributed by atoms with Gasteiger partial charge in [-0.05, 0) is 65.0 Å². The van der Waals surface area contributed by atoms with Crippen molar-refractivity contribution in [1.29, 1.82) is 0 Å². The number of carbonyl (C=O) groups is 1. The predicted molar refractivity (Wildman–Crippen MR) is 112 cm³/mol. The Hall–Kier alpha value is -1.69. The van der Waals surface area contributed by atoms with Crippen molar-refractivity contribution in [3.63, 3.8) is 0 Å². The Balaban J connectivity index is 1.62. The number of carbonyl (C=O) groups excluding carboxylic acids is 1. The molecule has 1 N–H and O–H groups in total. The molecule has 3 rings (SSSR count). The third-order valence-electron chi connectivity index (χ3n) is 4.82. The van der Waals surface area contributed by atoms with Crippen LogP contribution in [0.4, 0.5) is 0 Å². The third-order valence-corrected chi connectivity index (χ3v) is 5.87. The van der Waals surface area contributed by atoms with E-state index in [2.05, 4.69) is 63.4 Å². The first-order valence-electron chi connectivity index (χ1n) is 9.39. The fourth-order valence-corrected chi connectivity index (χ4v) is 3.93. The molecule has 2 aromatic rings. The maximum atomic E-state index is 12.6. The summed E-state index contributed by atoms with van der Waals surface area (Å²) in [6, 6.07) is 12.4. The summed E-state index contributed by atoms with van der Waals surface area (Å²) in [6.07, 6.45) is 0.289. The van der Waals surface area contributed by atoms with Gasteiger partial charge in [-0.15, -0.1) is 0 Å². The summed E-state index contributed by atoms with van der Waals surface area (Å²) in [5, 5.41) is 3.05. The molecule has 0 aromatic heterocycles. The Morgan fingerprint density at radius 1 is 1.26 bits per heavy atom. The molecule has 1 saturated heterocycles. The van der Waals surface area contributed by atoms with Gasteiger partial charge in [-0.1, -0.05) is 30.3 Å². The van der Waals surface area contributed by atoms with E-state index in [1.165, 1.54) is 5.56 Å². The van der Waals surface area contributed by atoms with Gasteiger partial charge in [-0.2, -0.15) is 0 Å². The van der Waals surface area contributed by atoms with E-state index in [0.29, 0.717) is 12.1 Å². The van der Waals surface area contributed by atoms with E-state index < -0.39 is 0 Å². The average Bonchev–Trinajstić information content (AvgIpc) is 2.63. The second-order valence-electron chi connectivity index (χ2n) is 7.36. The van der Waals surface area contributed by atoms with Gasteiger partial charge in [0.25, 0.3) is 5.91 Å². The van der Waals surface area contributed by atoms with Crippen LogP contribution < -0.4 is 5.32 Å². The number of hydrogen-bond donors (Lipinski definition) is 1. The van der Waals surface area contributed by atoms with E-state index in [4.69, 9.17) is 4.74 Å². The van der Waals surface area contributed by atoms with E-state index >= 15 is 0 Å². The Morgan fingerprint density at radius 3 is 2.81 bits per heavy atom. The molecule has 1 aliphatic heterocycles. The number of amides is 1. The molecule has 1 atom stereocenters. The monoisotopic (exact) mass is 430 g/mol. The molecule has 144 valence electrons. The van der Waals surface area contributed by atoms with E-state index in [-0.39, 0.29) is 12.0 Å². The minimum absolute atomic E-state index is 0.0546. The van der Waals surface area contributed by atoms with Crippen LogP contribution in [0.1, 0.15) is 39.5 Å². The number of benzene rings is 2. The van der Waals surface area contributed by atoms with Crippen molar-refractivity contribution in [1.82, 2.24) is 10.2 Å². The Morgan fingerprint density at radius 2 is 2.04 bits per heavy atom. The fraction of sp³-hybridized carbons (Fsp3) is 0.409. The van der Waals surface area contributed by atoms with Crippen LogP contribution in [0, 0.1) is 13.8 Å². The zero-order valence-corrected chi connectivity index (χ0v) is 17.8. The SMILES string of the molecule is Cc1cc(C)c(Br)c(C(=O)NCc2cccc(CN3CCOC(C)C3)c2)c1. The summed E-state index contributed by atoms with van der Waals surface area (Å²) in [4.78, 5) is 15.0. The van der Waals surface area contributed by atoms with Crippen LogP contribution in [0.5, 0.6) is 0 Å². The molecule has 1 heterocycles. The first-order chi connectivity index (χ1) is 12.9. The first-order valence-corrected chi connectivity index (χ1v) is 10.2. The third kappa shape index (κ3) is 5.41. The number of aryl methyl sites for hydroxylation is 2. The van der Waals surface area contributed by atoms with E-state index in [1.54, 1.807) is 0 Å². The van der Waals surface area contributed by atoms with Crippen LogP contribution in [0.2, 0.25) is 0 Å². The van der Waals surface area contributed by atoms with Crippen molar-refractivity contribution in [2.45, 2.75) is 40.0 Å². The molecule has 2 aromatic carbocycles. The molecular formula is C22H27BrN2O2. The van der Waals surface area contributed by atoms with Gasteiger partial charge in [-0.25, -0.2) is 0 Å². The predicted octanol–water partition coefficient (Wildman–Crippen LogP) is 4.22. The highest BCUT2D eigenvalue weighted by Gasteiger charge is 2.17. The normalized spacial score (nSPS) is 17.7. The lowest BCUT2D eigenvalue weighted by Crippen LogP contribution is -2.40. The van der Waals surface area contributed by atoms with Gasteiger partial charge in [0.1, 0.15) is 0 Å². The molecule has 0 radical (unpaired) electrons. The highest BCUT2D eigenvalue weighted by Crippen LogP contribution is 2.23. The van der Waals surface area contributed by atoms with Crippen molar-refractivity contribution in [2.75, 3.05) is 19.7 Å². The maximum absolute atomic E-state index is 12.6. The summed E-state index contributed by atoms with van der Waals surface area (Å²) in [5.74, 6) is -0.0546. The van der Waals surface area contributed by atoms with E-state index in [1.807, 2.05) is 19.9 Å². The lowest BCUT2D eigenvalue weighted by atomic mass is 10.1. The van der Waals surface area contributed by atoms with Gasteiger partial charge in [-0.3, -0.25) is 9.69 Å². The summed E-state index contributed by atoms with van der Waals surface area (Å²) in [6.45, 7) is 10.3. The first kappa shape index (κ1) is 20.1. The summed E-state index contributed by atoms with van der Waals surface area (Å²) in [7, 11) is 0. The van der Waals surface area contributed by atoms with Crippen molar-refractivity contribution >= 4 is 21.8 Å². The minimum atomic E-state index is -0.0546. The van der Waals surface area contributed by atoms with Crippen molar-refractivity contribution in [3.8, 4) is 0 Å². The molecular weight excluding hydrogens is 404 g/mol. The second kappa shape index (κ2) is 9.00. The van der Waals surface area contributed by atoms with Crippen molar-refractivity contribution in [3.05, 3.63) is 68.7 Å². The number of halogens is 1. The Kier molecular flexibility index (Phi) is 6.68. The number of nitrogens with zero attached hydrogens (tertiary/aromatic N) is 1. The standard InChI is InChI=1S/C22H27BrN2O2/c1-15-9-16(2)21(23)20(10-15)22(26)24-12-18-5-4-6-19(11-18)14-25-7-8-27-17(3)13-25/h4-6,9-11,17H,7-8,12-14H2,1-3H3,(H,24,26). The van der Waals surface area contributed by atoms with E-state index in [0.717, 1.165) is 47.4 Å². The van der Waals surface area contributed by atoms with Crippen molar-refractivity contribution < 1.29 is 9.53 Å². The average molecular weight is 431 g/mol. The molecule has 1 amide bonds. The van der Waals surface area contributed by atoms with Gasteiger partial charge in [0.2, 0.25) is 0 Å². The molecule has 1 aliphatic rings. The van der Waals surface area contributed by atoms with Crippen LogP contribution in [0.3, 0.4) is 0 Å². The lowest BCUT2D eigenvalue weighted by Gasteiger charge is -2.31. The molecule has 4 nitrogen and oxygen atoms in total. The van der Waals surface area contributed by atoms with Gasteiger partial charge in [0.05, 0.1) is 18.3 Å². The number of rotatable bonds is 5.